The fourth-order valence-electron chi connectivity index (χ4n) is 2.95. The molecule has 0 radical (unpaired) electrons. The number of carbonyl (C=O) groups excluding carboxylic acids is 1. The standard InChI is InChI=1S/C17H22ClN5O2/c1-17(2,3)25-16(24)20-11-5-4-8-23(10-11)15-12-6-7-19-9-13(12)14(18)21-22-15/h6-7,9,11H,4-5,8,10H2,1-3H3,(H,20,24)/t11-/m1/s1. The number of fused-ring (bicyclic) bond motifs is 1. The molecule has 3 rings (SSSR count). The molecule has 1 amide bonds. The van der Waals surface area contributed by atoms with Gasteiger partial charge < -0.3 is 15.0 Å². The van der Waals surface area contributed by atoms with Crippen LogP contribution in [-0.2, 0) is 4.74 Å². The number of anilines is 1. The lowest BCUT2D eigenvalue weighted by Gasteiger charge is -2.34. The van der Waals surface area contributed by atoms with Crippen molar-refractivity contribution in [2.75, 3.05) is 18.0 Å². The van der Waals surface area contributed by atoms with Crippen molar-refractivity contribution in [1.82, 2.24) is 20.5 Å². The van der Waals surface area contributed by atoms with Crippen molar-refractivity contribution >= 4 is 34.3 Å². The Morgan fingerprint density at radius 3 is 2.92 bits per heavy atom. The van der Waals surface area contributed by atoms with Gasteiger partial charge in [0.2, 0.25) is 0 Å². The molecule has 1 aliphatic heterocycles. The molecule has 1 fully saturated rings. The van der Waals surface area contributed by atoms with Crippen LogP contribution in [-0.4, -0.2) is 46.0 Å². The molecule has 1 atom stereocenters. The first kappa shape index (κ1) is 17.7. The number of aromatic nitrogens is 3. The number of carbonyl (C=O) groups is 1. The van der Waals surface area contributed by atoms with Crippen molar-refractivity contribution in [1.29, 1.82) is 0 Å². The molecule has 25 heavy (non-hydrogen) atoms. The lowest BCUT2D eigenvalue weighted by molar-refractivity contribution is 0.0500. The van der Waals surface area contributed by atoms with Crippen LogP contribution in [0.4, 0.5) is 10.6 Å². The van der Waals surface area contributed by atoms with Gasteiger partial charge in [0.15, 0.2) is 11.0 Å². The zero-order valence-corrected chi connectivity index (χ0v) is 15.4. The maximum absolute atomic E-state index is 12.0. The summed E-state index contributed by atoms with van der Waals surface area (Å²) < 4.78 is 5.35. The van der Waals surface area contributed by atoms with Crippen LogP contribution in [0.2, 0.25) is 5.15 Å². The molecule has 7 nitrogen and oxygen atoms in total. The topological polar surface area (TPSA) is 80.2 Å². The lowest BCUT2D eigenvalue weighted by atomic mass is 10.1. The Morgan fingerprint density at radius 1 is 1.36 bits per heavy atom. The second kappa shape index (κ2) is 7.00. The largest absolute Gasteiger partial charge is 0.444 e. The average Bonchev–Trinajstić information content (AvgIpc) is 2.54. The first-order chi connectivity index (χ1) is 11.8. The predicted octanol–water partition coefficient (Wildman–Crippen LogP) is 3.17. The smallest absolute Gasteiger partial charge is 0.407 e. The van der Waals surface area contributed by atoms with Crippen molar-refractivity contribution < 1.29 is 9.53 Å². The van der Waals surface area contributed by atoms with Crippen LogP contribution in [0.25, 0.3) is 10.8 Å². The quantitative estimate of drug-likeness (QED) is 0.882. The van der Waals surface area contributed by atoms with Gasteiger partial charge in [-0.1, -0.05) is 11.6 Å². The number of hydrogen-bond donors (Lipinski definition) is 1. The number of pyridine rings is 1. The highest BCUT2D eigenvalue weighted by atomic mass is 35.5. The Balaban J connectivity index is 1.76. The first-order valence-electron chi connectivity index (χ1n) is 8.34. The molecule has 0 bridgehead atoms. The second-order valence-corrected chi connectivity index (χ2v) is 7.53. The molecule has 0 saturated carbocycles. The number of ether oxygens (including phenoxy) is 1. The average molecular weight is 364 g/mol. The van der Waals surface area contributed by atoms with Gasteiger partial charge in [-0.3, -0.25) is 4.98 Å². The van der Waals surface area contributed by atoms with Gasteiger partial charge in [-0.25, -0.2) is 4.79 Å². The minimum Gasteiger partial charge on any atom is -0.444 e. The van der Waals surface area contributed by atoms with Gasteiger partial charge in [0.1, 0.15) is 5.60 Å². The van der Waals surface area contributed by atoms with Gasteiger partial charge in [0, 0.05) is 42.3 Å². The van der Waals surface area contributed by atoms with Crippen molar-refractivity contribution in [3.05, 3.63) is 23.6 Å². The van der Waals surface area contributed by atoms with Gasteiger partial charge >= 0.3 is 6.09 Å². The summed E-state index contributed by atoms with van der Waals surface area (Å²) in [6.07, 6.45) is 4.85. The highest BCUT2D eigenvalue weighted by molar-refractivity contribution is 6.34. The molecule has 0 aliphatic carbocycles. The van der Waals surface area contributed by atoms with Crippen LogP contribution in [0.1, 0.15) is 33.6 Å². The molecule has 1 aliphatic rings. The molecule has 8 heteroatoms. The van der Waals surface area contributed by atoms with Crippen molar-refractivity contribution in [2.45, 2.75) is 45.3 Å². The van der Waals surface area contributed by atoms with E-state index < -0.39 is 11.7 Å². The maximum Gasteiger partial charge on any atom is 0.407 e. The molecule has 2 aromatic heterocycles. The summed E-state index contributed by atoms with van der Waals surface area (Å²) in [7, 11) is 0. The molecule has 0 aromatic carbocycles. The summed E-state index contributed by atoms with van der Waals surface area (Å²) in [6.45, 7) is 7.04. The molecule has 134 valence electrons. The Morgan fingerprint density at radius 2 is 2.16 bits per heavy atom. The van der Waals surface area contributed by atoms with Gasteiger partial charge in [0.05, 0.1) is 0 Å². The number of hydrogen-bond acceptors (Lipinski definition) is 6. The van der Waals surface area contributed by atoms with Crippen LogP contribution in [0.3, 0.4) is 0 Å². The van der Waals surface area contributed by atoms with Crippen molar-refractivity contribution in [3.63, 3.8) is 0 Å². The van der Waals surface area contributed by atoms with E-state index in [4.69, 9.17) is 16.3 Å². The van der Waals surface area contributed by atoms with E-state index in [1.807, 2.05) is 26.8 Å². The number of piperidine rings is 1. The number of nitrogens with one attached hydrogen (secondary N) is 1. The van der Waals surface area contributed by atoms with Gasteiger partial charge in [0.25, 0.3) is 0 Å². The van der Waals surface area contributed by atoms with Crippen molar-refractivity contribution in [3.8, 4) is 0 Å². The van der Waals surface area contributed by atoms with E-state index in [9.17, 15) is 4.79 Å². The van der Waals surface area contributed by atoms with Crippen molar-refractivity contribution in [2.24, 2.45) is 0 Å². The third-order valence-corrected chi connectivity index (χ3v) is 4.24. The van der Waals surface area contributed by atoms with E-state index in [-0.39, 0.29) is 6.04 Å². The van der Waals surface area contributed by atoms with E-state index >= 15 is 0 Å². The van der Waals surface area contributed by atoms with Gasteiger partial charge in [-0.05, 0) is 39.7 Å². The summed E-state index contributed by atoms with van der Waals surface area (Å²) in [6, 6.07) is 1.88. The third-order valence-electron chi connectivity index (χ3n) is 3.96. The van der Waals surface area contributed by atoms with Crippen LogP contribution in [0.5, 0.6) is 0 Å². The predicted molar refractivity (Wildman–Crippen MR) is 96.9 cm³/mol. The second-order valence-electron chi connectivity index (χ2n) is 7.17. The Labute approximate surface area is 151 Å². The number of halogens is 1. The van der Waals surface area contributed by atoms with Gasteiger partial charge in [-0.15, -0.1) is 10.2 Å². The fraction of sp³-hybridized carbons (Fsp3) is 0.529. The van der Waals surface area contributed by atoms with Gasteiger partial charge in [-0.2, -0.15) is 0 Å². The normalized spacial score (nSPS) is 18.2. The van der Waals surface area contributed by atoms with Crippen LogP contribution in [0.15, 0.2) is 18.5 Å². The first-order valence-corrected chi connectivity index (χ1v) is 8.71. The van der Waals surface area contributed by atoms with Crippen LogP contribution in [0, 0.1) is 0 Å². The highest BCUT2D eigenvalue weighted by Gasteiger charge is 2.26. The highest BCUT2D eigenvalue weighted by Crippen LogP contribution is 2.29. The third kappa shape index (κ3) is 4.28. The molecular formula is C17H22ClN5O2. The van der Waals surface area contributed by atoms with Crippen LogP contribution < -0.4 is 10.2 Å². The fourth-order valence-corrected chi connectivity index (χ4v) is 3.14. The molecule has 1 saturated heterocycles. The SMILES string of the molecule is CC(C)(C)OC(=O)N[C@@H]1CCCN(c2nnc(Cl)c3cnccc23)C1. The number of rotatable bonds is 2. The summed E-state index contributed by atoms with van der Waals surface area (Å²) >= 11 is 6.12. The molecule has 0 unspecified atom stereocenters. The van der Waals surface area contributed by atoms with Crippen LogP contribution >= 0.6 is 11.6 Å². The number of amides is 1. The van der Waals surface area contributed by atoms with E-state index in [0.29, 0.717) is 11.7 Å². The van der Waals surface area contributed by atoms with E-state index in [0.717, 1.165) is 36.0 Å². The molecule has 3 heterocycles. The number of nitrogens with zero attached hydrogens (tertiary/aromatic N) is 4. The summed E-state index contributed by atoms with van der Waals surface area (Å²) in [5, 5.41) is 13.3. The molecule has 1 N–H and O–H groups in total. The Bertz CT molecular complexity index is 777. The van der Waals surface area contributed by atoms with E-state index in [1.54, 1.807) is 12.4 Å². The Kier molecular flexibility index (Phi) is 4.94. The summed E-state index contributed by atoms with van der Waals surface area (Å²) in [4.78, 5) is 18.2. The zero-order chi connectivity index (χ0) is 18.0. The molecular weight excluding hydrogens is 342 g/mol. The Hall–Kier alpha value is -2.15. The molecule has 0 spiro atoms. The minimum atomic E-state index is -0.511. The zero-order valence-electron chi connectivity index (χ0n) is 14.6. The summed E-state index contributed by atoms with van der Waals surface area (Å²) in [5.74, 6) is 0.762. The van der Waals surface area contributed by atoms with E-state index in [1.165, 1.54) is 0 Å². The monoisotopic (exact) mass is 363 g/mol. The summed E-state index contributed by atoms with van der Waals surface area (Å²) in [5.41, 5.74) is -0.511. The number of alkyl carbamates (subject to hydrolysis) is 1. The maximum atomic E-state index is 12.0. The van der Waals surface area contributed by atoms with E-state index in [2.05, 4.69) is 25.4 Å². The molecule has 2 aromatic rings. The minimum absolute atomic E-state index is 0.00188. The lowest BCUT2D eigenvalue weighted by Crippen LogP contribution is -2.49.